The highest BCUT2D eigenvalue weighted by molar-refractivity contribution is 5.77. The molecule has 7 heteroatoms. The fraction of sp³-hybridized carbons (Fsp3) is 0.800. The summed E-state index contributed by atoms with van der Waals surface area (Å²) < 4.78 is 0. The van der Waals surface area contributed by atoms with Crippen LogP contribution in [0.25, 0.3) is 0 Å². The molecule has 1 aromatic rings. The molecule has 3 heterocycles. The molecule has 0 aliphatic carbocycles. The Kier molecular flexibility index (Phi) is 4.73. The van der Waals surface area contributed by atoms with Crippen LogP contribution in [0.3, 0.4) is 0 Å². The highest BCUT2D eigenvalue weighted by Crippen LogP contribution is 2.32. The highest BCUT2D eigenvalue weighted by Gasteiger charge is 2.34. The number of amides is 1. The number of hydroxylamine groups is 2. The maximum absolute atomic E-state index is 12.7. The number of aryl methyl sites for hydroxylation is 1. The first-order valence-electron chi connectivity index (χ1n) is 8.15. The van der Waals surface area contributed by atoms with Crippen LogP contribution in [0.1, 0.15) is 49.8 Å². The minimum atomic E-state index is 0.0523. The van der Waals surface area contributed by atoms with Crippen molar-refractivity contribution in [2.75, 3.05) is 26.7 Å². The fourth-order valence-electron chi connectivity index (χ4n) is 3.50. The molecule has 7 nitrogen and oxygen atoms in total. The number of aromatic nitrogens is 3. The molecule has 1 aromatic heterocycles. The number of aromatic amines is 1. The van der Waals surface area contributed by atoms with Gasteiger partial charge < -0.3 is 9.74 Å². The molecule has 1 N–H and O–H groups in total. The van der Waals surface area contributed by atoms with Gasteiger partial charge in [-0.25, -0.2) is 4.98 Å². The van der Waals surface area contributed by atoms with Crippen molar-refractivity contribution in [2.24, 2.45) is 5.92 Å². The van der Waals surface area contributed by atoms with Gasteiger partial charge in [-0.15, -0.1) is 0 Å². The Labute approximate surface area is 131 Å². The number of hydrogen-bond acceptors (Lipinski definition) is 5. The zero-order valence-corrected chi connectivity index (χ0v) is 13.4. The maximum Gasteiger partial charge on any atom is 0.223 e. The van der Waals surface area contributed by atoms with E-state index in [2.05, 4.69) is 15.2 Å². The van der Waals surface area contributed by atoms with Crippen molar-refractivity contribution < 1.29 is 9.63 Å². The largest absolute Gasteiger partial charge is 0.332 e. The van der Waals surface area contributed by atoms with Crippen LogP contribution in [0.5, 0.6) is 0 Å². The van der Waals surface area contributed by atoms with E-state index in [-0.39, 0.29) is 11.9 Å². The van der Waals surface area contributed by atoms with Crippen molar-refractivity contribution in [3.63, 3.8) is 0 Å². The van der Waals surface area contributed by atoms with E-state index < -0.39 is 0 Å². The van der Waals surface area contributed by atoms with Crippen LogP contribution in [0, 0.1) is 12.8 Å². The number of piperidine rings is 1. The summed E-state index contributed by atoms with van der Waals surface area (Å²) >= 11 is 0. The molecule has 3 rings (SSSR count). The summed E-state index contributed by atoms with van der Waals surface area (Å²) in [5, 5.41) is 9.09. The second-order valence-electron chi connectivity index (χ2n) is 6.28. The number of H-pyrrole nitrogens is 1. The van der Waals surface area contributed by atoms with Crippen molar-refractivity contribution >= 4 is 5.91 Å². The van der Waals surface area contributed by atoms with E-state index in [0.717, 1.165) is 57.0 Å². The molecule has 2 aliphatic heterocycles. The van der Waals surface area contributed by atoms with Crippen LogP contribution in [-0.4, -0.2) is 57.8 Å². The number of nitrogens with one attached hydrogen (secondary N) is 1. The van der Waals surface area contributed by atoms with E-state index in [9.17, 15) is 4.79 Å². The quantitative estimate of drug-likeness (QED) is 0.911. The van der Waals surface area contributed by atoms with E-state index in [1.165, 1.54) is 0 Å². The van der Waals surface area contributed by atoms with Gasteiger partial charge in [-0.3, -0.25) is 9.89 Å². The van der Waals surface area contributed by atoms with E-state index >= 15 is 0 Å². The topological polar surface area (TPSA) is 74.3 Å². The molecular weight excluding hydrogens is 282 g/mol. The van der Waals surface area contributed by atoms with E-state index in [4.69, 9.17) is 4.84 Å². The molecular formula is C15H25N5O2. The summed E-state index contributed by atoms with van der Waals surface area (Å²) in [4.78, 5) is 24.3. The molecule has 0 spiro atoms. The van der Waals surface area contributed by atoms with Crippen molar-refractivity contribution in [3.05, 3.63) is 11.6 Å². The monoisotopic (exact) mass is 307 g/mol. The fourth-order valence-corrected chi connectivity index (χ4v) is 3.50. The predicted molar refractivity (Wildman–Crippen MR) is 80.7 cm³/mol. The van der Waals surface area contributed by atoms with Crippen molar-refractivity contribution in [1.29, 1.82) is 0 Å². The minimum Gasteiger partial charge on any atom is -0.332 e. The number of likely N-dealkylation sites (tertiary alicyclic amines) is 1. The highest BCUT2D eigenvalue weighted by atomic mass is 16.7. The molecule has 0 saturated carbocycles. The van der Waals surface area contributed by atoms with Gasteiger partial charge >= 0.3 is 0 Å². The molecule has 1 amide bonds. The lowest BCUT2D eigenvalue weighted by Gasteiger charge is -2.31. The van der Waals surface area contributed by atoms with Gasteiger partial charge in [0.15, 0.2) is 5.82 Å². The summed E-state index contributed by atoms with van der Waals surface area (Å²) in [6.45, 7) is 4.55. The van der Waals surface area contributed by atoms with Gasteiger partial charge in [-0.05, 0) is 38.5 Å². The first-order valence-corrected chi connectivity index (χ1v) is 8.15. The Hall–Kier alpha value is -1.47. The zero-order valence-electron chi connectivity index (χ0n) is 13.4. The van der Waals surface area contributed by atoms with Gasteiger partial charge in [0.2, 0.25) is 5.91 Å². The van der Waals surface area contributed by atoms with E-state index in [0.29, 0.717) is 12.3 Å². The zero-order chi connectivity index (χ0) is 15.5. The van der Waals surface area contributed by atoms with Crippen LogP contribution in [0.2, 0.25) is 0 Å². The molecule has 1 atom stereocenters. The number of rotatable bonds is 4. The van der Waals surface area contributed by atoms with Gasteiger partial charge in [0.1, 0.15) is 5.82 Å². The first-order chi connectivity index (χ1) is 10.7. The van der Waals surface area contributed by atoms with Crippen molar-refractivity contribution in [3.8, 4) is 0 Å². The third kappa shape index (κ3) is 3.30. The summed E-state index contributed by atoms with van der Waals surface area (Å²) in [7, 11) is 1.71. The minimum absolute atomic E-state index is 0.0523. The Balaban J connectivity index is 1.57. The molecule has 2 aliphatic rings. The Bertz CT molecular complexity index is 510. The maximum atomic E-state index is 12.7. The van der Waals surface area contributed by atoms with Crippen LogP contribution in [0.4, 0.5) is 0 Å². The summed E-state index contributed by atoms with van der Waals surface area (Å²) in [5.41, 5.74) is 0. The standard InChI is InChI=1S/C15H25N5O2/c1-11-16-15(18-17-11)13-4-3-7-20(13)14(21)10-12-5-8-19(22-2)9-6-12/h12-13H,3-10H2,1-2H3,(H,16,17,18)/t13-/m0/s1. The normalized spacial score (nSPS) is 24.1. The third-order valence-electron chi connectivity index (χ3n) is 4.78. The number of carbonyl (C=O) groups excluding carboxylic acids is 1. The molecule has 0 unspecified atom stereocenters. The van der Waals surface area contributed by atoms with E-state index in [1.54, 1.807) is 7.11 Å². The molecule has 22 heavy (non-hydrogen) atoms. The average Bonchev–Trinajstić information content (AvgIpc) is 3.16. The molecule has 122 valence electrons. The average molecular weight is 307 g/mol. The van der Waals surface area contributed by atoms with E-state index in [1.807, 2.05) is 16.9 Å². The first kappa shape index (κ1) is 15.4. The van der Waals surface area contributed by atoms with Gasteiger partial charge in [0, 0.05) is 26.1 Å². The smallest absolute Gasteiger partial charge is 0.223 e. The lowest BCUT2D eigenvalue weighted by Crippen LogP contribution is -2.37. The van der Waals surface area contributed by atoms with Crippen molar-refractivity contribution in [2.45, 2.75) is 45.1 Å². The lowest BCUT2D eigenvalue weighted by molar-refractivity contribution is -0.151. The van der Waals surface area contributed by atoms with Crippen LogP contribution < -0.4 is 0 Å². The number of nitrogens with zero attached hydrogens (tertiary/aromatic N) is 4. The summed E-state index contributed by atoms with van der Waals surface area (Å²) in [6.07, 6.45) is 4.68. The lowest BCUT2D eigenvalue weighted by atomic mass is 9.93. The van der Waals surface area contributed by atoms with Crippen LogP contribution >= 0.6 is 0 Å². The second-order valence-corrected chi connectivity index (χ2v) is 6.28. The number of carbonyl (C=O) groups is 1. The van der Waals surface area contributed by atoms with Gasteiger partial charge in [-0.2, -0.15) is 10.2 Å². The van der Waals surface area contributed by atoms with Crippen LogP contribution in [-0.2, 0) is 9.63 Å². The van der Waals surface area contributed by atoms with Gasteiger partial charge in [0.25, 0.3) is 0 Å². The Morgan fingerprint density at radius 2 is 2.09 bits per heavy atom. The number of hydrogen-bond donors (Lipinski definition) is 1. The molecule has 0 aromatic carbocycles. The molecule has 0 bridgehead atoms. The summed E-state index contributed by atoms with van der Waals surface area (Å²) in [5.74, 6) is 2.29. The SMILES string of the molecule is CON1CCC(CC(=O)N2CCC[C@H]2c2n[nH]c(C)n2)CC1. The third-order valence-corrected chi connectivity index (χ3v) is 4.78. The van der Waals surface area contributed by atoms with Gasteiger partial charge in [0.05, 0.1) is 13.2 Å². The molecule has 2 fully saturated rings. The Morgan fingerprint density at radius 1 is 1.32 bits per heavy atom. The molecule has 0 radical (unpaired) electrons. The predicted octanol–water partition coefficient (Wildman–Crippen LogP) is 1.44. The van der Waals surface area contributed by atoms with Crippen LogP contribution in [0.15, 0.2) is 0 Å². The Morgan fingerprint density at radius 3 is 2.73 bits per heavy atom. The second kappa shape index (κ2) is 6.75. The molecule has 2 saturated heterocycles. The van der Waals surface area contributed by atoms with Crippen molar-refractivity contribution in [1.82, 2.24) is 25.1 Å². The summed E-state index contributed by atoms with van der Waals surface area (Å²) in [6, 6.07) is 0.0523. The van der Waals surface area contributed by atoms with Gasteiger partial charge in [-0.1, -0.05) is 0 Å².